The first kappa shape index (κ1) is 16.3. The Morgan fingerprint density at radius 3 is 2.84 bits per heavy atom. The van der Waals surface area contributed by atoms with E-state index in [0.717, 1.165) is 18.5 Å². The molecule has 6 nitrogen and oxygen atoms in total. The molecule has 0 fully saturated rings. The molecule has 0 atom stereocenters. The molecular weight excluding hydrogens is 353 g/mol. The Labute approximate surface area is 121 Å². The first-order chi connectivity index (χ1) is 9.02. The Bertz CT molecular complexity index is 432. The van der Waals surface area contributed by atoms with Crippen LogP contribution in [0.4, 0.5) is 0 Å². The molecule has 0 aliphatic rings. The molecule has 0 aliphatic heterocycles. The molecule has 1 rings (SSSR count). The van der Waals surface area contributed by atoms with Gasteiger partial charge < -0.3 is 0 Å². The summed E-state index contributed by atoms with van der Waals surface area (Å²) in [5.74, 6) is -0.0710. The van der Waals surface area contributed by atoms with Crippen molar-refractivity contribution in [2.45, 2.75) is 56.9 Å². The van der Waals surface area contributed by atoms with Gasteiger partial charge in [0.1, 0.15) is 0 Å². The van der Waals surface area contributed by atoms with Gasteiger partial charge in [0.15, 0.2) is 0 Å². The number of carbonyl (C=O) groups excluding carboxylic acids is 1. The Morgan fingerprint density at radius 2 is 2.26 bits per heavy atom. The fraction of sp³-hybridized carbons (Fsp3) is 0.750. The molecule has 0 spiro atoms. The van der Waals surface area contributed by atoms with Crippen molar-refractivity contribution < 1.29 is 10.9 Å². The second kappa shape index (κ2) is 8.39. The maximum atomic E-state index is 11.5. The van der Waals surface area contributed by atoms with E-state index in [2.05, 4.69) is 10.3 Å². The molecule has 0 N–H and O–H groups in total. The Morgan fingerprint density at radius 1 is 1.53 bits per heavy atom. The van der Waals surface area contributed by atoms with Crippen LogP contribution in [0.25, 0.3) is 0 Å². The molecule has 0 aromatic carbocycles. The summed E-state index contributed by atoms with van der Waals surface area (Å²) in [5.41, 5.74) is 0.899. The normalized spacial score (nSPS) is 10.7. The van der Waals surface area contributed by atoms with Crippen LogP contribution in [0.3, 0.4) is 0 Å². The number of aromatic nitrogens is 3. The van der Waals surface area contributed by atoms with Gasteiger partial charge in [-0.05, 0) is 0 Å². The predicted molar refractivity (Wildman–Crippen MR) is 71.0 cm³/mol. The number of carbonyl (C=O) groups is 1. The first-order valence-electron chi connectivity index (χ1n) is 6.66. The zero-order chi connectivity index (χ0) is 14.3. The second-order valence-electron chi connectivity index (χ2n) is 4.76. The van der Waals surface area contributed by atoms with Gasteiger partial charge in [-0.2, -0.15) is 0 Å². The molecule has 19 heavy (non-hydrogen) atoms. The fourth-order valence-corrected chi connectivity index (χ4v) is 4.58. The number of aryl methyl sites for hydroxylation is 1. The molecule has 1 aromatic rings. The van der Waals surface area contributed by atoms with Crippen molar-refractivity contribution in [2.24, 2.45) is 0 Å². The summed E-state index contributed by atoms with van der Waals surface area (Å²) in [6.07, 6.45) is 3.86. The third-order valence-electron chi connectivity index (χ3n) is 2.66. The van der Waals surface area contributed by atoms with Gasteiger partial charge in [-0.25, -0.2) is 0 Å². The van der Waals surface area contributed by atoms with Gasteiger partial charge in [-0.1, -0.05) is 0 Å². The van der Waals surface area contributed by atoms with Crippen LogP contribution in [0.1, 0.15) is 51.6 Å². The average Bonchev–Trinajstić information content (AvgIpc) is 2.83. The maximum absolute atomic E-state index is 11.5. The standard InChI is InChI=1S/C8H13N3O2.C4H9.O.Sn/c1-6(2)7-5-11(10-9-7)4-3-8(12)13;1-3-4-2;;/h5-6H,3-4H2,1-2H3,(H,12,13);1,3-4H2,2H3;;/q;;;+1/p-1. The van der Waals surface area contributed by atoms with Crippen LogP contribution in [0.2, 0.25) is 4.44 Å². The molecule has 7 heteroatoms. The van der Waals surface area contributed by atoms with E-state index >= 15 is 0 Å². The number of rotatable bonds is 8. The van der Waals surface area contributed by atoms with E-state index < -0.39 is 20.2 Å². The zero-order valence-corrected chi connectivity index (χ0v) is 14.6. The summed E-state index contributed by atoms with van der Waals surface area (Å²) in [7, 11) is 0. The zero-order valence-electron chi connectivity index (χ0n) is 11.8. The van der Waals surface area contributed by atoms with Crippen LogP contribution in [0.15, 0.2) is 6.20 Å². The Balaban J connectivity index is 2.31. The van der Waals surface area contributed by atoms with E-state index in [1.165, 1.54) is 0 Å². The molecule has 0 aliphatic carbocycles. The predicted octanol–water partition coefficient (Wildman–Crippen LogP) is 2.05. The van der Waals surface area contributed by atoms with Crippen molar-refractivity contribution in [1.29, 1.82) is 0 Å². The number of nitrogens with zero attached hydrogens (tertiary/aromatic N) is 3. The van der Waals surface area contributed by atoms with Gasteiger partial charge in [0.05, 0.1) is 0 Å². The van der Waals surface area contributed by atoms with Crippen LogP contribution in [-0.4, -0.2) is 41.1 Å². The Kier molecular flexibility index (Phi) is 7.18. The van der Waals surface area contributed by atoms with Gasteiger partial charge >= 0.3 is 121 Å². The summed E-state index contributed by atoms with van der Waals surface area (Å²) < 4.78 is 18.7. The van der Waals surface area contributed by atoms with Crippen molar-refractivity contribution in [2.75, 3.05) is 0 Å². The monoisotopic (exact) mass is 375 g/mol. The SMILES string of the molecule is CCC[CH2][Sn](=[O])[O]C(=O)CCn1cc(C(C)C)nn1. The molecule has 0 saturated carbocycles. The molecule has 1 aromatic heterocycles. The molecule has 0 radical (unpaired) electrons. The van der Waals surface area contributed by atoms with Gasteiger partial charge in [0.25, 0.3) is 0 Å². The molecule has 0 amide bonds. The van der Waals surface area contributed by atoms with Crippen molar-refractivity contribution in [3.05, 3.63) is 11.9 Å². The van der Waals surface area contributed by atoms with Crippen molar-refractivity contribution in [1.82, 2.24) is 15.0 Å². The van der Waals surface area contributed by atoms with E-state index in [0.29, 0.717) is 16.9 Å². The van der Waals surface area contributed by atoms with Gasteiger partial charge in [0, 0.05) is 0 Å². The van der Waals surface area contributed by atoms with E-state index in [1.807, 2.05) is 27.0 Å². The van der Waals surface area contributed by atoms with E-state index in [9.17, 15) is 7.87 Å². The van der Waals surface area contributed by atoms with Crippen LogP contribution in [0.5, 0.6) is 0 Å². The Hall–Kier alpha value is -0.791. The number of hydrogen-bond acceptors (Lipinski definition) is 5. The third-order valence-corrected chi connectivity index (χ3v) is 6.13. The summed E-state index contributed by atoms with van der Waals surface area (Å²) >= 11 is -3.11. The number of unbranched alkanes of at least 4 members (excludes halogenated alkanes) is 1. The van der Waals surface area contributed by atoms with Crippen LogP contribution in [-0.2, 0) is 17.5 Å². The van der Waals surface area contributed by atoms with Gasteiger partial charge in [-0.3, -0.25) is 0 Å². The summed E-state index contributed by atoms with van der Waals surface area (Å²) in [6, 6.07) is 0. The van der Waals surface area contributed by atoms with E-state index in [4.69, 9.17) is 3.07 Å². The van der Waals surface area contributed by atoms with Gasteiger partial charge in [-0.15, -0.1) is 0 Å². The van der Waals surface area contributed by atoms with Crippen molar-refractivity contribution >= 4 is 26.1 Å². The van der Waals surface area contributed by atoms with Crippen molar-refractivity contribution in [3.63, 3.8) is 0 Å². The van der Waals surface area contributed by atoms with Gasteiger partial charge in [0.2, 0.25) is 0 Å². The molecule has 0 bridgehead atoms. The topological polar surface area (TPSA) is 74.1 Å². The van der Waals surface area contributed by atoms with E-state index in [-0.39, 0.29) is 12.4 Å². The van der Waals surface area contributed by atoms with Crippen LogP contribution in [0, 0.1) is 0 Å². The fourth-order valence-electron chi connectivity index (χ4n) is 1.44. The second-order valence-corrected chi connectivity index (χ2v) is 8.89. The minimum atomic E-state index is -3.11. The summed E-state index contributed by atoms with van der Waals surface area (Å²) in [6.45, 7) is 6.51. The number of hydrogen-bond donors (Lipinski definition) is 0. The molecule has 1 heterocycles. The van der Waals surface area contributed by atoms with E-state index in [1.54, 1.807) is 4.68 Å². The average molecular weight is 374 g/mol. The first-order valence-corrected chi connectivity index (χ1v) is 11.0. The van der Waals surface area contributed by atoms with Crippen LogP contribution < -0.4 is 0 Å². The molecule has 106 valence electrons. The summed E-state index contributed by atoms with van der Waals surface area (Å²) in [4.78, 5) is 11.5. The minimum absolute atomic E-state index is 0.194. The molecular formula is C12H21N3O3Sn. The van der Waals surface area contributed by atoms with Crippen LogP contribution >= 0.6 is 0 Å². The van der Waals surface area contributed by atoms with Crippen molar-refractivity contribution in [3.8, 4) is 0 Å². The molecule has 0 unspecified atom stereocenters. The quantitative estimate of drug-likeness (QED) is 0.652. The third kappa shape index (κ3) is 6.26. The summed E-state index contributed by atoms with van der Waals surface area (Å²) in [5, 5.41) is 7.94. The molecule has 0 saturated heterocycles.